The molecule has 3 rings (SSSR count). The third-order valence-corrected chi connectivity index (χ3v) is 3.80. The summed E-state index contributed by atoms with van der Waals surface area (Å²) in [5.41, 5.74) is 9.06. The number of likely N-dealkylation sites (tertiary alicyclic amines) is 1. The highest BCUT2D eigenvalue weighted by molar-refractivity contribution is 5.34. The molecule has 2 nitrogen and oxygen atoms in total. The number of benzene rings is 1. The summed E-state index contributed by atoms with van der Waals surface area (Å²) in [5, 5.41) is 0. The Morgan fingerprint density at radius 1 is 1.20 bits per heavy atom. The normalized spacial score (nSPS) is 30.7. The second-order valence-electron chi connectivity index (χ2n) is 4.80. The number of hydrogen-bond acceptors (Lipinski definition) is 2. The number of nitrogens with two attached hydrogens (primary N) is 1. The van der Waals surface area contributed by atoms with Crippen LogP contribution in [-0.4, -0.2) is 24.0 Å². The summed E-state index contributed by atoms with van der Waals surface area (Å²) in [7, 11) is 0. The molecule has 0 bridgehead atoms. The Hall–Kier alpha value is -0.860. The van der Waals surface area contributed by atoms with Gasteiger partial charge in [-0.15, -0.1) is 0 Å². The molecule has 2 heteroatoms. The monoisotopic (exact) mass is 202 g/mol. The fourth-order valence-corrected chi connectivity index (χ4v) is 3.01. The first-order chi connectivity index (χ1) is 7.34. The van der Waals surface area contributed by atoms with Gasteiger partial charge in [0.25, 0.3) is 0 Å². The minimum absolute atomic E-state index is 0.401. The molecule has 0 radical (unpaired) electrons. The van der Waals surface area contributed by atoms with E-state index in [4.69, 9.17) is 5.73 Å². The molecule has 15 heavy (non-hydrogen) atoms. The zero-order chi connectivity index (χ0) is 10.3. The lowest BCUT2D eigenvalue weighted by Gasteiger charge is -2.24. The van der Waals surface area contributed by atoms with Crippen LogP contribution in [0.4, 0.5) is 0 Å². The van der Waals surface area contributed by atoms with Crippen LogP contribution in [0, 0.1) is 0 Å². The SMILES string of the molecule is NC1CCN(C2CCc3ccccc32)C1. The average molecular weight is 202 g/mol. The van der Waals surface area contributed by atoms with E-state index in [1.54, 1.807) is 11.1 Å². The second kappa shape index (κ2) is 3.62. The molecule has 1 aromatic carbocycles. The van der Waals surface area contributed by atoms with Crippen molar-refractivity contribution in [2.24, 2.45) is 5.73 Å². The van der Waals surface area contributed by atoms with Gasteiger partial charge in [-0.3, -0.25) is 4.90 Å². The van der Waals surface area contributed by atoms with Gasteiger partial charge in [-0.25, -0.2) is 0 Å². The summed E-state index contributed by atoms with van der Waals surface area (Å²) in [6.45, 7) is 2.26. The molecule has 2 N–H and O–H groups in total. The van der Waals surface area contributed by atoms with Crippen LogP contribution >= 0.6 is 0 Å². The molecule has 0 amide bonds. The molecule has 80 valence electrons. The van der Waals surface area contributed by atoms with Gasteiger partial charge in [0.05, 0.1) is 0 Å². The van der Waals surface area contributed by atoms with Crippen molar-refractivity contribution >= 4 is 0 Å². The minimum atomic E-state index is 0.401. The Morgan fingerprint density at radius 2 is 2.07 bits per heavy atom. The quantitative estimate of drug-likeness (QED) is 0.751. The molecule has 2 atom stereocenters. The van der Waals surface area contributed by atoms with Gasteiger partial charge in [-0.2, -0.15) is 0 Å². The first-order valence-corrected chi connectivity index (χ1v) is 5.92. The average Bonchev–Trinajstić information content (AvgIpc) is 2.83. The molecule has 0 spiro atoms. The summed E-state index contributed by atoms with van der Waals surface area (Å²) in [5.74, 6) is 0. The molecule has 2 aliphatic rings. The van der Waals surface area contributed by atoms with Crippen LogP contribution in [0.5, 0.6) is 0 Å². The highest BCUT2D eigenvalue weighted by atomic mass is 15.2. The minimum Gasteiger partial charge on any atom is -0.326 e. The van der Waals surface area contributed by atoms with Gasteiger partial charge in [0.15, 0.2) is 0 Å². The predicted octanol–water partition coefficient (Wildman–Crippen LogP) is 1.71. The summed E-state index contributed by atoms with van der Waals surface area (Å²) < 4.78 is 0. The lowest BCUT2D eigenvalue weighted by Crippen LogP contribution is -2.29. The van der Waals surface area contributed by atoms with Gasteiger partial charge >= 0.3 is 0 Å². The van der Waals surface area contributed by atoms with E-state index in [2.05, 4.69) is 29.2 Å². The van der Waals surface area contributed by atoms with Gasteiger partial charge in [-0.1, -0.05) is 24.3 Å². The topological polar surface area (TPSA) is 29.3 Å². The van der Waals surface area contributed by atoms with Gasteiger partial charge in [0.1, 0.15) is 0 Å². The lowest BCUT2D eigenvalue weighted by atomic mass is 10.1. The molecule has 1 fully saturated rings. The number of fused-ring (bicyclic) bond motifs is 1. The van der Waals surface area contributed by atoms with Crippen molar-refractivity contribution in [2.45, 2.75) is 31.3 Å². The summed E-state index contributed by atoms with van der Waals surface area (Å²) in [6, 6.07) is 9.92. The standard InChI is InChI=1S/C13H18N2/c14-11-7-8-15(9-11)13-6-5-10-3-1-2-4-12(10)13/h1-4,11,13H,5-9,14H2. The number of nitrogens with zero attached hydrogens (tertiary/aromatic N) is 1. The zero-order valence-corrected chi connectivity index (χ0v) is 9.02. The van der Waals surface area contributed by atoms with E-state index in [0.717, 1.165) is 6.54 Å². The van der Waals surface area contributed by atoms with E-state index in [0.29, 0.717) is 12.1 Å². The van der Waals surface area contributed by atoms with Crippen LogP contribution in [-0.2, 0) is 6.42 Å². The van der Waals surface area contributed by atoms with Gasteiger partial charge in [0.2, 0.25) is 0 Å². The van der Waals surface area contributed by atoms with Crippen LogP contribution < -0.4 is 5.73 Å². The molecule has 0 aromatic heterocycles. The Bertz CT molecular complexity index is 361. The lowest BCUT2D eigenvalue weighted by molar-refractivity contribution is 0.242. The zero-order valence-electron chi connectivity index (χ0n) is 9.02. The fourth-order valence-electron chi connectivity index (χ4n) is 3.01. The maximum atomic E-state index is 5.97. The smallest absolute Gasteiger partial charge is 0.0354 e. The van der Waals surface area contributed by atoms with Crippen LogP contribution in [0.25, 0.3) is 0 Å². The summed E-state index contributed by atoms with van der Waals surface area (Å²) in [4.78, 5) is 2.57. The highest BCUT2D eigenvalue weighted by Crippen LogP contribution is 2.36. The van der Waals surface area contributed by atoms with E-state index < -0.39 is 0 Å². The van der Waals surface area contributed by atoms with Crippen molar-refractivity contribution < 1.29 is 0 Å². The Morgan fingerprint density at radius 3 is 2.87 bits per heavy atom. The first kappa shape index (κ1) is 9.37. The molecule has 1 heterocycles. The van der Waals surface area contributed by atoms with Crippen molar-refractivity contribution in [2.75, 3.05) is 13.1 Å². The summed E-state index contributed by atoms with van der Waals surface area (Å²) in [6.07, 6.45) is 3.69. The molecule has 1 aromatic rings. The van der Waals surface area contributed by atoms with Crippen LogP contribution in [0.15, 0.2) is 24.3 Å². The fraction of sp³-hybridized carbons (Fsp3) is 0.538. The number of hydrogen-bond donors (Lipinski definition) is 1. The van der Waals surface area contributed by atoms with Crippen molar-refractivity contribution in [3.05, 3.63) is 35.4 Å². The van der Waals surface area contributed by atoms with E-state index in [-0.39, 0.29) is 0 Å². The maximum absolute atomic E-state index is 5.97. The van der Waals surface area contributed by atoms with Crippen molar-refractivity contribution in [1.29, 1.82) is 0 Å². The molecule has 0 saturated carbocycles. The van der Waals surface area contributed by atoms with Crippen molar-refractivity contribution in [1.82, 2.24) is 4.90 Å². The third kappa shape index (κ3) is 1.58. The van der Waals surface area contributed by atoms with E-state index in [1.807, 2.05) is 0 Å². The van der Waals surface area contributed by atoms with E-state index in [9.17, 15) is 0 Å². The van der Waals surface area contributed by atoms with Crippen LogP contribution in [0.1, 0.15) is 30.0 Å². The van der Waals surface area contributed by atoms with Crippen molar-refractivity contribution in [3.63, 3.8) is 0 Å². The molecular weight excluding hydrogens is 184 g/mol. The van der Waals surface area contributed by atoms with E-state index >= 15 is 0 Å². The highest BCUT2D eigenvalue weighted by Gasteiger charge is 2.31. The summed E-state index contributed by atoms with van der Waals surface area (Å²) >= 11 is 0. The first-order valence-electron chi connectivity index (χ1n) is 5.92. The Labute approximate surface area is 91.1 Å². The van der Waals surface area contributed by atoms with Crippen molar-refractivity contribution in [3.8, 4) is 0 Å². The van der Waals surface area contributed by atoms with Gasteiger partial charge in [0, 0.05) is 25.2 Å². The third-order valence-electron chi connectivity index (χ3n) is 3.80. The van der Waals surface area contributed by atoms with Gasteiger partial charge in [-0.05, 0) is 30.4 Å². The molecule has 1 aliphatic heterocycles. The van der Waals surface area contributed by atoms with E-state index in [1.165, 1.54) is 25.8 Å². The van der Waals surface area contributed by atoms with Gasteiger partial charge < -0.3 is 5.73 Å². The second-order valence-corrected chi connectivity index (χ2v) is 4.80. The Balaban J connectivity index is 1.85. The number of rotatable bonds is 1. The molecule has 2 unspecified atom stereocenters. The number of aryl methyl sites for hydroxylation is 1. The largest absolute Gasteiger partial charge is 0.326 e. The van der Waals surface area contributed by atoms with Crippen LogP contribution in [0.2, 0.25) is 0 Å². The predicted molar refractivity (Wildman–Crippen MR) is 61.7 cm³/mol. The Kier molecular flexibility index (Phi) is 2.26. The molecule has 1 aliphatic carbocycles. The van der Waals surface area contributed by atoms with Crippen LogP contribution in [0.3, 0.4) is 0 Å². The molecule has 1 saturated heterocycles. The molecular formula is C13H18N2. The maximum Gasteiger partial charge on any atom is 0.0354 e.